The van der Waals surface area contributed by atoms with Crippen LogP contribution in [0, 0.1) is 0 Å². The van der Waals surface area contributed by atoms with Crippen molar-refractivity contribution in [2.24, 2.45) is 0 Å². The summed E-state index contributed by atoms with van der Waals surface area (Å²) in [5.41, 5.74) is 0. The number of hydrogen-bond acceptors (Lipinski definition) is 3. The molecule has 0 saturated heterocycles. The Hall–Kier alpha value is -0.420. The van der Waals surface area contributed by atoms with E-state index in [0.29, 0.717) is 5.75 Å². The van der Waals surface area contributed by atoms with Gasteiger partial charge in [-0.2, -0.15) is 0 Å². The van der Waals surface area contributed by atoms with Gasteiger partial charge in [0, 0.05) is 34.9 Å². The first-order valence-electron chi connectivity index (χ1n) is 4.19. The lowest BCUT2D eigenvalue weighted by molar-refractivity contribution is -0.137. The smallest absolute Gasteiger partial charge is 0.304 e. The van der Waals surface area contributed by atoms with Gasteiger partial charge in [-0.05, 0) is 13.8 Å². The van der Waals surface area contributed by atoms with Gasteiger partial charge in [0.05, 0.1) is 6.42 Å². The first kappa shape index (κ1) is 12.6. The Balaban J connectivity index is 3.70. The molecule has 3 unspecified atom stereocenters. The van der Waals surface area contributed by atoms with Crippen molar-refractivity contribution in [3.63, 3.8) is 0 Å². The molecular formula is C8H17NO3S. The Morgan fingerprint density at radius 1 is 1.46 bits per heavy atom. The fourth-order valence-corrected chi connectivity index (χ4v) is 2.01. The molecule has 0 amide bonds. The summed E-state index contributed by atoms with van der Waals surface area (Å²) in [4.78, 5) is 10.3. The molecule has 2 N–H and O–H groups in total. The Morgan fingerprint density at radius 2 is 2.00 bits per heavy atom. The average molecular weight is 207 g/mol. The summed E-state index contributed by atoms with van der Waals surface area (Å²) < 4.78 is 10.8. The van der Waals surface area contributed by atoms with Gasteiger partial charge in [-0.15, -0.1) is 0 Å². The van der Waals surface area contributed by atoms with Crippen LogP contribution in [0.2, 0.25) is 0 Å². The van der Waals surface area contributed by atoms with Crippen molar-refractivity contribution < 1.29 is 14.1 Å². The molecule has 0 fully saturated rings. The Kier molecular flexibility index (Phi) is 5.90. The summed E-state index contributed by atoms with van der Waals surface area (Å²) in [6, 6.07) is 0.0243. The first-order chi connectivity index (χ1) is 5.91. The van der Waals surface area contributed by atoms with Crippen molar-refractivity contribution in [2.45, 2.75) is 32.4 Å². The van der Waals surface area contributed by atoms with Crippen molar-refractivity contribution in [1.29, 1.82) is 0 Å². The molecule has 0 heterocycles. The normalized spacial score (nSPS) is 17.8. The van der Waals surface area contributed by atoms with Crippen LogP contribution >= 0.6 is 0 Å². The van der Waals surface area contributed by atoms with Crippen LogP contribution in [0.1, 0.15) is 20.3 Å². The van der Waals surface area contributed by atoms with Crippen LogP contribution in [0.25, 0.3) is 0 Å². The summed E-state index contributed by atoms with van der Waals surface area (Å²) in [7, 11) is -0.835. The number of rotatable bonds is 6. The molecule has 0 aliphatic carbocycles. The van der Waals surface area contributed by atoms with E-state index in [9.17, 15) is 9.00 Å². The molecule has 13 heavy (non-hydrogen) atoms. The minimum Gasteiger partial charge on any atom is -0.481 e. The Bertz CT molecular complexity index is 176. The van der Waals surface area contributed by atoms with Gasteiger partial charge in [0.2, 0.25) is 0 Å². The van der Waals surface area contributed by atoms with E-state index < -0.39 is 16.8 Å². The zero-order chi connectivity index (χ0) is 10.4. The maximum absolute atomic E-state index is 10.8. The molecule has 0 aromatic heterocycles. The van der Waals surface area contributed by atoms with Crippen molar-refractivity contribution >= 4 is 16.8 Å². The summed E-state index contributed by atoms with van der Waals surface area (Å²) in [6.45, 7) is 3.71. The molecule has 0 bridgehead atoms. The van der Waals surface area contributed by atoms with Crippen LogP contribution < -0.4 is 5.32 Å². The number of aliphatic carboxylic acids is 1. The third-order valence-corrected chi connectivity index (χ3v) is 2.50. The summed E-state index contributed by atoms with van der Waals surface area (Å²) in [6.07, 6.45) is 1.74. The zero-order valence-electron chi connectivity index (χ0n) is 8.24. The van der Waals surface area contributed by atoms with Crippen LogP contribution in [0.5, 0.6) is 0 Å². The topological polar surface area (TPSA) is 66.4 Å². The number of carbonyl (C=O) groups is 1. The fraction of sp³-hybridized carbons (Fsp3) is 0.875. The van der Waals surface area contributed by atoms with Gasteiger partial charge in [0.1, 0.15) is 0 Å². The van der Waals surface area contributed by atoms with Crippen LogP contribution in [-0.4, -0.2) is 39.4 Å². The molecule has 3 atom stereocenters. The van der Waals surface area contributed by atoms with Crippen LogP contribution in [-0.2, 0) is 15.6 Å². The monoisotopic (exact) mass is 207 g/mol. The highest BCUT2D eigenvalue weighted by atomic mass is 32.2. The predicted molar refractivity (Wildman–Crippen MR) is 53.2 cm³/mol. The molecular weight excluding hydrogens is 190 g/mol. The second-order valence-electron chi connectivity index (χ2n) is 3.31. The van der Waals surface area contributed by atoms with Crippen molar-refractivity contribution in [1.82, 2.24) is 5.32 Å². The van der Waals surface area contributed by atoms with Crippen molar-refractivity contribution in [2.75, 3.05) is 12.0 Å². The van der Waals surface area contributed by atoms with Crippen molar-refractivity contribution in [3.05, 3.63) is 0 Å². The SMILES string of the molecule is CC(CC(=O)O)NC(C)CS(C)=O. The van der Waals surface area contributed by atoms with Crippen molar-refractivity contribution in [3.8, 4) is 0 Å². The third-order valence-electron chi connectivity index (χ3n) is 1.53. The highest BCUT2D eigenvalue weighted by molar-refractivity contribution is 7.84. The van der Waals surface area contributed by atoms with Gasteiger partial charge in [-0.1, -0.05) is 0 Å². The second-order valence-corrected chi connectivity index (χ2v) is 4.79. The standard InChI is InChI=1S/C8H17NO3S/c1-6(4-8(10)11)9-7(2)5-13(3)12/h6-7,9H,4-5H2,1-3H3,(H,10,11). The molecule has 0 aliphatic heterocycles. The van der Waals surface area contributed by atoms with Gasteiger partial charge in [-0.3, -0.25) is 9.00 Å². The van der Waals surface area contributed by atoms with Crippen LogP contribution in [0.3, 0.4) is 0 Å². The first-order valence-corrected chi connectivity index (χ1v) is 5.92. The third kappa shape index (κ3) is 7.93. The molecule has 0 spiro atoms. The van der Waals surface area contributed by atoms with Crippen LogP contribution in [0.4, 0.5) is 0 Å². The zero-order valence-corrected chi connectivity index (χ0v) is 9.06. The minimum absolute atomic E-state index is 0.0731. The molecule has 0 radical (unpaired) electrons. The molecule has 78 valence electrons. The molecule has 5 heteroatoms. The lowest BCUT2D eigenvalue weighted by Gasteiger charge is -2.17. The molecule has 0 aromatic carbocycles. The summed E-state index contributed by atoms with van der Waals surface area (Å²) in [5, 5.41) is 11.5. The predicted octanol–water partition coefficient (Wildman–Crippen LogP) is 0.206. The van der Waals surface area contributed by atoms with Gasteiger partial charge >= 0.3 is 5.97 Å². The van der Waals surface area contributed by atoms with Crippen LogP contribution in [0.15, 0.2) is 0 Å². The molecule has 0 aliphatic rings. The van der Waals surface area contributed by atoms with E-state index in [4.69, 9.17) is 5.11 Å². The quantitative estimate of drug-likeness (QED) is 0.653. The molecule has 0 aromatic rings. The van der Waals surface area contributed by atoms with Gasteiger partial charge in [0.25, 0.3) is 0 Å². The average Bonchev–Trinajstić information content (AvgIpc) is 1.80. The van der Waals surface area contributed by atoms with Gasteiger partial charge in [0.15, 0.2) is 0 Å². The highest BCUT2D eigenvalue weighted by Gasteiger charge is 2.11. The van der Waals surface area contributed by atoms with E-state index >= 15 is 0 Å². The number of carboxylic acids is 1. The maximum atomic E-state index is 10.8. The van der Waals surface area contributed by atoms with E-state index in [-0.39, 0.29) is 18.5 Å². The molecule has 0 rings (SSSR count). The second kappa shape index (κ2) is 6.10. The van der Waals surface area contributed by atoms with E-state index in [1.807, 2.05) is 13.8 Å². The van der Waals surface area contributed by atoms with E-state index in [0.717, 1.165) is 0 Å². The van der Waals surface area contributed by atoms with E-state index in [1.54, 1.807) is 6.26 Å². The summed E-state index contributed by atoms with van der Waals surface area (Å²) in [5.74, 6) is -0.255. The van der Waals surface area contributed by atoms with E-state index in [2.05, 4.69) is 5.32 Å². The fourth-order valence-electron chi connectivity index (χ4n) is 1.21. The van der Waals surface area contributed by atoms with Gasteiger partial charge in [-0.25, -0.2) is 0 Å². The largest absolute Gasteiger partial charge is 0.481 e. The minimum atomic E-state index is -0.835. The Labute approximate surface area is 81.2 Å². The maximum Gasteiger partial charge on any atom is 0.304 e. The number of nitrogens with one attached hydrogen (secondary N) is 1. The highest BCUT2D eigenvalue weighted by Crippen LogP contribution is 1.94. The van der Waals surface area contributed by atoms with Gasteiger partial charge < -0.3 is 10.4 Å². The molecule has 0 saturated carbocycles. The number of carboxylic acid groups (broad SMARTS) is 1. The number of hydrogen-bond donors (Lipinski definition) is 2. The summed E-state index contributed by atoms with van der Waals surface area (Å²) >= 11 is 0. The molecule has 4 nitrogen and oxygen atoms in total. The lowest BCUT2D eigenvalue weighted by atomic mass is 10.2. The van der Waals surface area contributed by atoms with E-state index in [1.165, 1.54) is 0 Å². The lowest BCUT2D eigenvalue weighted by Crippen LogP contribution is -2.38. The Morgan fingerprint density at radius 3 is 2.38 bits per heavy atom.